The third-order valence-electron chi connectivity index (χ3n) is 3.50. The van der Waals surface area contributed by atoms with Crippen LogP contribution in [0.5, 0.6) is 0 Å². The van der Waals surface area contributed by atoms with Gasteiger partial charge in [-0.05, 0) is 45.4 Å². The SMILES string of the molecule is CC(C)(C)OC(=O)CC1(CCO)CCCCC1. The van der Waals surface area contributed by atoms with Crippen molar-refractivity contribution in [3.05, 3.63) is 0 Å². The first kappa shape index (κ1) is 14.5. The van der Waals surface area contributed by atoms with Crippen LogP contribution in [-0.4, -0.2) is 23.3 Å². The van der Waals surface area contributed by atoms with Crippen LogP contribution in [0.3, 0.4) is 0 Å². The summed E-state index contributed by atoms with van der Waals surface area (Å²) in [6.07, 6.45) is 6.88. The Balaban J connectivity index is 2.57. The van der Waals surface area contributed by atoms with E-state index in [0.29, 0.717) is 6.42 Å². The predicted octanol–water partition coefficient (Wildman–Crippen LogP) is 3.05. The van der Waals surface area contributed by atoms with Gasteiger partial charge in [0.2, 0.25) is 0 Å². The fourth-order valence-electron chi connectivity index (χ4n) is 2.74. The van der Waals surface area contributed by atoms with Gasteiger partial charge in [0, 0.05) is 6.61 Å². The van der Waals surface area contributed by atoms with E-state index in [1.165, 1.54) is 19.3 Å². The van der Waals surface area contributed by atoms with Crippen molar-refractivity contribution < 1.29 is 14.6 Å². The van der Waals surface area contributed by atoms with Gasteiger partial charge in [-0.15, -0.1) is 0 Å². The number of carbonyl (C=O) groups is 1. The zero-order chi connectivity index (χ0) is 12.9. The highest BCUT2D eigenvalue weighted by atomic mass is 16.6. The van der Waals surface area contributed by atoms with E-state index < -0.39 is 5.60 Å². The molecule has 0 unspecified atom stereocenters. The van der Waals surface area contributed by atoms with Crippen LogP contribution in [-0.2, 0) is 9.53 Å². The highest BCUT2D eigenvalue weighted by Crippen LogP contribution is 2.42. The van der Waals surface area contributed by atoms with Crippen molar-refractivity contribution in [2.75, 3.05) is 6.61 Å². The van der Waals surface area contributed by atoms with Crippen molar-refractivity contribution in [3.8, 4) is 0 Å². The van der Waals surface area contributed by atoms with Gasteiger partial charge in [0.05, 0.1) is 6.42 Å². The Kier molecular flexibility index (Phi) is 4.99. The van der Waals surface area contributed by atoms with E-state index in [1.807, 2.05) is 20.8 Å². The van der Waals surface area contributed by atoms with E-state index in [2.05, 4.69) is 0 Å². The second-order valence-corrected chi connectivity index (χ2v) is 6.30. The van der Waals surface area contributed by atoms with Gasteiger partial charge in [-0.2, -0.15) is 0 Å². The van der Waals surface area contributed by atoms with Crippen LogP contribution >= 0.6 is 0 Å². The average Bonchev–Trinajstić information content (AvgIpc) is 2.15. The number of carbonyl (C=O) groups excluding carboxylic acids is 1. The van der Waals surface area contributed by atoms with Gasteiger partial charge >= 0.3 is 5.97 Å². The molecule has 0 radical (unpaired) electrons. The van der Waals surface area contributed by atoms with Crippen molar-refractivity contribution >= 4 is 5.97 Å². The molecule has 0 aromatic carbocycles. The van der Waals surface area contributed by atoms with Crippen LogP contribution in [0.2, 0.25) is 0 Å². The minimum absolute atomic E-state index is 0.00463. The molecule has 3 nitrogen and oxygen atoms in total. The van der Waals surface area contributed by atoms with Gasteiger partial charge in [-0.1, -0.05) is 19.3 Å². The number of aliphatic hydroxyl groups is 1. The molecule has 0 aliphatic heterocycles. The molecule has 1 aliphatic rings. The standard InChI is InChI=1S/C14H26O3/c1-13(2,3)17-12(16)11-14(9-10-15)7-5-4-6-8-14/h15H,4-11H2,1-3H3. The Morgan fingerprint density at radius 3 is 2.29 bits per heavy atom. The fraction of sp³-hybridized carbons (Fsp3) is 0.929. The Morgan fingerprint density at radius 2 is 1.82 bits per heavy atom. The van der Waals surface area contributed by atoms with Crippen molar-refractivity contribution in [1.29, 1.82) is 0 Å². The average molecular weight is 242 g/mol. The Morgan fingerprint density at radius 1 is 1.24 bits per heavy atom. The monoisotopic (exact) mass is 242 g/mol. The van der Waals surface area contributed by atoms with Crippen molar-refractivity contribution in [2.24, 2.45) is 5.41 Å². The molecule has 1 saturated carbocycles. The van der Waals surface area contributed by atoms with Crippen LogP contribution in [0.1, 0.15) is 65.7 Å². The lowest BCUT2D eigenvalue weighted by atomic mass is 9.70. The molecule has 0 aromatic rings. The summed E-state index contributed by atoms with van der Waals surface area (Å²) in [5.74, 6) is -0.118. The molecule has 0 atom stereocenters. The molecule has 0 spiro atoms. The molecule has 1 rings (SSSR count). The lowest BCUT2D eigenvalue weighted by molar-refractivity contribution is -0.158. The maximum absolute atomic E-state index is 11.9. The normalized spacial score (nSPS) is 20.0. The van der Waals surface area contributed by atoms with Crippen molar-refractivity contribution in [3.63, 3.8) is 0 Å². The Labute approximate surface area is 105 Å². The highest BCUT2D eigenvalue weighted by Gasteiger charge is 2.35. The summed E-state index contributed by atoms with van der Waals surface area (Å²) in [5.41, 5.74) is -0.415. The van der Waals surface area contributed by atoms with Crippen molar-refractivity contribution in [2.45, 2.75) is 71.3 Å². The Bertz CT molecular complexity index is 241. The Hall–Kier alpha value is -0.570. The third kappa shape index (κ3) is 5.07. The first-order valence-corrected chi connectivity index (χ1v) is 6.70. The summed E-state index contributed by atoms with van der Waals surface area (Å²) in [4.78, 5) is 11.9. The molecule has 1 N–H and O–H groups in total. The van der Waals surface area contributed by atoms with Crippen LogP contribution in [0, 0.1) is 5.41 Å². The van der Waals surface area contributed by atoms with E-state index >= 15 is 0 Å². The van der Waals surface area contributed by atoms with E-state index in [4.69, 9.17) is 4.74 Å². The molecule has 0 amide bonds. The molecule has 0 saturated heterocycles. The molecule has 1 fully saturated rings. The number of rotatable bonds is 4. The zero-order valence-electron chi connectivity index (χ0n) is 11.4. The molecule has 100 valence electrons. The van der Waals surface area contributed by atoms with Gasteiger partial charge in [0.25, 0.3) is 0 Å². The quantitative estimate of drug-likeness (QED) is 0.771. The van der Waals surface area contributed by atoms with E-state index in [0.717, 1.165) is 19.3 Å². The summed E-state index contributed by atoms with van der Waals surface area (Å²) < 4.78 is 5.39. The smallest absolute Gasteiger partial charge is 0.306 e. The minimum Gasteiger partial charge on any atom is -0.460 e. The molecule has 0 aromatic heterocycles. The number of ether oxygens (including phenoxy) is 1. The van der Waals surface area contributed by atoms with Crippen LogP contribution < -0.4 is 0 Å². The number of hydrogen-bond acceptors (Lipinski definition) is 3. The summed E-state index contributed by atoms with van der Waals surface area (Å²) in [6.45, 7) is 5.85. The van der Waals surface area contributed by atoms with E-state index in [-0.39, 0.29) is 18.0 Å². The summed E-state index contributed by atoms with van der Waals surface area (Å²) >= 11 is 0. The van der Waals surface area contributed by atoms with Crippen LogP contribution in [0.15, 0.2) is 0 Å². The lowest BCUT2D eigenvalue weighted by Gasteiger charge is -2.36. The minimum atomic E-state index is -0.411. The molecule has 0 heterocycles. The first-order valence-electron chi connectivity index (χ1n) is 6.70. The summed E-state index contributed by atoms with van der Waals surface area (Å²) in [6, 6.07) is 0. The number of esters is 1. The summed E-state index contributed by atoms with van der Waals surface area (Å²) in [7, 11) is 0. The maximum Gasteiger partial charge on any atom is 0.306 e. The van der Waals surface area contributed by atoms with Gasteiger partial charge < -0.3 is 9.84 Å². The van der Waals surface area contributed by atoms with Gasteiger partial charge in [0.15, 0.2) is 0 Å². The van der Waals surface area contributed by atoms with Gasteiger partial charge in [-0.25, -0.2) is 0 Å². The molecule has 0 bridgehead atoms. The maximum atomic E-state index is 11.9. The second-order valence-electron chi connectivity index (χ2n) is 6.30. The number of hydrogen-bond donors (Lipinski definition) is 1. The molecule has 1 aliphatic carbocycles. The number of aliphatic hydroxyl groups excluding tert-OH is 1. The molecular weight excluding hydrogens is 216 g/mol. The molecule has 17 heavy (non-hydrogen) atoms. The highest BCUT2D eigenvalue weighted by molar-refractivity contribution is 5.70. The van der Waals surface area contributed by atoms with E-state index in [1.54, 1.807) is 0 Å². The topological polar surface area (TPSA) is 46.5 Å². The summed E-state index contributed by atoms with van der Waals surface area (Å²) in [5, 5.41) is 9.18. The van der Waals surface area contributed by atoms with Crippen LogP contribution in [0.25, 0.3) is 0 Å². The predicted molar refractivity (Wildman–Crippen MR) is 67.7 cm³/mol. The largest absolute Gasteiger partial charge is 0.460 e. The lowest BCUT2D eigenvalue weighted by Crippen LogP contribution is -2.32. The van der Waals surface area contributed by atoms with Crippen molar-refractivity contribution in [1.82, 2.24) is 0 Å². The van der Waals surface area contributed by atoms with E-state index in [9.17, 15) is 9.90 Å². The fourth-order valence-corrected chi connectivity index (χ4v) is 2.74. The molecule has 3 heteroatoms. The first-order chi connectivity index (χ1) is 7.87. The molecular formula is C14H26O3. The zero-order valence-corrected chi connectivity index (χ0v) is 11.4. The van der Waals surface area contributed by atoms with Gasteiger partial charge in [-0.3, -0.25) is 4.79 Å². The second kappa shape index (κ2) is 5.85. The van der Waals surface area contributed by atoms with Crippen LogP contribution in [0.4, 0.5) is 0 Å². The van der Waals surface area contributed by atoms with Gasteiger partial charge in [0.1, 0.15) is 5.60 Å². The third-order valence-corrected chi connectivity index (χ3v) is 3.50.